The number of hydrogen-bond donors (Lipinski definition) is 1. The molecule has 0 aliphatic rings. The molecule has 1 unspecified atom stereocenters. The van der Waals surface area contributed by atoms with Gasteiger partial charge in [0.2, 0.25) is 0 Å². The third kappa shape index (κ3) is 3.07. The van der Waals surface area contributed by atoms with Crippen molar-refractivity contribution >= 4 is 28.9 Å². The molecule has 0 saturated heterocycles. The second-order valence-electron chi connectivity index (χ2n) is 2.65. The molecule has 0 heterocycles. The molecular weight excluding hydrogens is 254 g/mol. The van der Waals surface area contributed by atoms with E-state index in [1.807, 2.05) is 0 Å². The number of ether oxygens (including phenoxy) is 1. The lowest BCUT2D eigenvalue weighted by atomic mass is 10.3. The molecule has 0 radical (unpaired) electrons. The predicted molar refractivity (Wildman–Crippen MR) is 52.2 cm³/mol. The zero-order valence-corrected chi connectivity index (χ0v) is 8.70. The van der Waals surface area contributed by atoms with Crippen molar-refractivity contribution in [2.45, 2.75) is 11.7 Å². The van der Waals surface area contributed by atoms with Crippen molar-refractivity contribution in [2.24, 2.45) is 0 Å². The van der Waals surface area contributed by atoms with Gasteiger partial charge in [0.25, 0.3) is 5.63 Å². The van der Waals surface area contributed by atoms with Crippen LogP contribution in [0.1, 0.15) is 0 Å². The highest BCUT2D eigenvalue weighted by molar-refractivity contribution is 6.33. The summed E-state index contributed by atoms with van der Waals surface area (Å²) in [6.45, 7) is 0. The van der Waals surface area contributed by atoms with Crippen LogP contribution in [0.25, 0.3) is 0 Å². The van der Waals surface area contributed by atoms with E-state index in [9.17, 15) is 13.2 Å². The van der Waals surface area contributed by atoms with Gasteiger partial charge in [-0.2, -0.15) is 8.78 Å². The maximum Gasteiger partial charge on any atom is 0.444 e. The summed E-state index contributed by atoms with van der Waals surface area (Å²) in [5.41, 5.74) is 2.45. The number of halogens is 5. The minimum absolute atomic E-state index is 0.0509. The molecule has 1 atom stereocenters. The number of benzene rings is 1. The first-order valence-electron chi connectivity index (χ1n) is 3.73. The second-order valence-corrected chi connectivity index (χ2v) is 3.44. The van der Waals surface area contributed by atoms with Gasteiger partial charge >= 0.3 is 6.11 Å². The molecule has 0 spiro atoms. The summed E-state index contributed by atoms with van der Waals surface area (Å²) in [4.78, 5) is 0. The van der Waals surface area contributed by atoms with E-state index in [0.29, 0.717) is 0 Å². The summed E-state index contributed by atoms with van der Waals surface area (Å²) < 4.78 is 41.5. The van der Waals surface area contributed by atoms with Crippen LogP contribution in [0.15, 0.2) is 18.2 Å². The SMILES string of the molecule is Nc1cc(OC(F)(F)C(F)Cl)ccc1Cl. The number of hydrogen-bond acceptors (Lipinski definition) is 2. The first-order chi connectivity index (χ1) is 6.83. The third-order valence-electron chi connectivity index (χ3n) is 1.48. The highest BCUT2D eigenvalue weighted by Crippen LogP contribution is 2.31. The largest absolute Gasteiger partial charge is 0.444 e. The van der Waals surface area contributed by atoms with Crippen LogP contribution in [-0.4, -0.2) is 11.7 Å². The standard InChI is InChI=1S/C8H6Cl2F3NO/c9-5-2-1-4(3-6(5)14)15-8(12,13)7(10)11/h1-3,7H,14H2. The molecule has 1 aromatic rings. The quantitative estimate of drug-likeness (QED) is 0.667. The normalized spacial score (nSPS) is 13.7. The molecule has 0 amide bonds. The van der Waals surface area contributed by atoms with Crippen LogP contribution in [0.3, 0.4) is 0 Å². The fourth-order valence-corrected chi connectivity index (χ4v) is 0.949. The van der Waals surface area contributed by atoms with Crippen LogP contribution < -0.4 is 10.5 Å². The summed E-state index contributed by atoms with van der Waals surface area (Å²) in [5, 5.41) is 0.188. The average molecular weight is 260 g/mol. The number of alkyl halides is 4. The third-order valence-corrected chi connectivity index (χ3v) is 2.07. The maximum atomic E-state index is 12.7. The van der Waals surface area contributed by atoms with E-state index in [4.69, 9.17) is 17.3 Å². The lowest BCUT2D eigenvalue weighted by Gasteiger charge is -2.17. The van der Waals surface area contributed by atoms with Crippen LogP contribution in [0.2, 0.25) is 5.02 Å². The molecule has 1 aromatic carbocycles. The van der Waals surface area contributed by atoms with Crippen molar-refractivity contribution in [3.8, 4) is 5.75 Å². The first-order valence-corrected chi connectivity index (χ1v) is 4.54. The molecule has 1 rings (SSSR count). The zero-order valence-electron chi connectivity index (χ0n) is 7.18. The summed E-state index contributed by atoms with van der Waals surface area (Å²) in [6, 6.07) is 3.44. The van der Waals surface area contributed by atoms with Crippen LogP contribution in [0, 0.1) is 0 Å². The van der Waals surface area contributed by atoms with E-state index in [1.54, 1.807) is 0 Å². The lowest BCUT2D eigenvalue weighted by Crippen LogP contribution is -2.32. The Bertz CT molecular complexity index is 360. The molecule has 0 saturated carbocycles. The summed E-state index contributed by atoms with van der Waals surface area (Å²) >= 11 is 10.1. The van der Waals surface area contributed by atoms with E-state index >= 15 is 0 Å². The van der Waals surface area contributed by atoms with Gasteiger partial charge in [-0.25, -0.2) is 4.39 Å². The van der Waals surface area contributed by atoms with E-state index < -0.39 is 11.7 Å². The van der Waals surface area contributed by atoms with E-state index in [1.165, 1.54) is 6.07 Å². The molecule has 0 aliphatic heterocycles. The van der Waals surface area contributed by atoms with Gasteiger partial charge in [0, 0.05) is 6.07 Å². The number of nitrogens with two attached hydrogens (primary N) is 1. The van der Waals surface area contributed by atoms with Crippen molar-refractivity contribution in [2.75, 3.05) is 5.73 Å². The Hall–Kier alpha value is -0.810. The van der Waals surface area contributed by atoms with Gasteiger partial charge in [-0.15, -0.1) is 0 Å². The zero-order chi connectivity index (χ0) is 11.6. The number of rotatable bonds is 3. The van der Waals surface area contributed by atoms with Gasteiger partial charge < -0.3 is 10.5 Å². The van der Waals surface area contributed by atoms with Crippen LogP contribution in [0.5, 0.6) is 5.75 Å². The molecule has 0 aliphatic carbocycles. The molecule has 84 valence electrons. The first kappa shape index (κ1) is 12.3. The monoisotopic (exact) mass is 259 g/mol. The highest BCUT2D eigenvalue weighted by atomic mass is 35.5. The Balaban J connectivity index is 2.86. The van der Waals surface area contributed by atoms with Crippen molar-refractivity contribution in [1.82, 2.24) is 0 Å². The number of nitrogen functional groups attached to an aromatic ring is 1. The van der Waals surface area contributed by atoms with Crippen LogP contribution in [0.4, 0.5) is 18.9 Å². The van der Waals surface area contributed by atoms with Crippen molar-refractivity contribution in [3.63, 3.8) is 0 Å². The summed E-state index contributed by atoms with van der Waals surface area (Å²) in [6.07, 6.45) is -4.11. The second kappa shape index (κ2) is 4.37. The Kier molecular flexibility index (Phi) is 3.57. The van der Waals surface area contributed by atoms with Gasteiger partial charge in [0.1, 0.15) is 5.75 Å². The molecule has 2 N–H and O–H groups in total. The maximum absolute atomic E-state index is 12.7. The van der Waals surface area contributed by atoms with Gasteiger partial charge in [0.05, 0.1) is 10.7 Å². The fourth-order valence-electron chi connectivity index (χ4n) is 0.787. The van der Waals surface area contributed by atoms with E-state index in [0.717, 1.165) is 12.1 Å². The molecule has 0 aromatic heterocycles. The van der Waals surface area contributed by atoms with Gasteiger partial charge in [-0.3, -0.25) is 0 Å². The molecule has 0 fully saturated rings. The fraction of sp³-hybridized carbons (Fsp3) is 0.250. The lowest BCUT2D eigenvalue weighted by molar-refractivity contribution is -0.198. The summed E-state index contributed by atoms with van der Waals surface area (Å²) in [7, 11) is 0. The Morgan fingerprint density at radius 3 is 2.47 bits per heavy atom. The molecule has 0 bridgehead atoms. The topological polar surface area (TPSA) is 35.2 Å². The Labute approximate surface area is 93.7 Å². The highest BCUT2D eigenvalue weighted by Gasteiger charge is 2.42. The van der Waals surface area contributed by atoms with Crippen LogP contribution >= 0.6 is 23.2 Å². The molecular formula is C8H6Cl2F3NO. The smallest absolute Gasteiger partial charge is 0.429 e. The van der Waals surface area contributed by atoms with E-state index in [-0.39, 0.29) is 16.5 Å². The van der Waals surface area contributed by atoms with Crippen molar-refractivity contribution in [3.05, 3.63) is 23.2 Å². The Morgan fingerprint density at radius 2 is 2.00 bits per heavy atom. The number of anilines is 1. The molecule has 15 heavy (non-hydrogen) atoms. The average Bonchev–Trinajstić information content (AvgIpc) is 2.10. The van der Waals surface area contributed by atoms with Gasteiger partial charge in [-0.05, 0) is 12.1 Å². The summed E-state index contributed by atoms with van der Waals surface area (Å²) in [5.74, 6) is -0.315. The minimum Gasteiger partial charge on any atom is -0.429 e. The van der Waals surface area contributed by atoms with Crippen molar-refractivity contribution in [1.29, 1.82) is 0 Å². The minimum atomic E-state index is -4.11. The molecule has 7 heteroatoms. The van der Waals surface area contributed by atoms with Gasteiger partial charge in [-0.1, -0.05) is 23.2 Å². The predicted octanol–water partition coefficient (Wildman–Crippen LogP) is 3.43. The van der Waals surface area contributed by atoms with Crippen LogP contribution in [-0.2, 0) is 0 Å². The van der Waals surface area contributed by atoms with Crippen molar-refractivity contribution < 1.29 is 17.9 Å². The Morgan fingerprint density at radius 1 is 1.40 bits per heavy atom. The van der Waals surface area contributed by atoms with Gasteiger partial charge in [0.15, 0.2) is 0 Å². The molecule has 2 nitrogen and oxygen atoms in total. The van der Waals surface area contributed by atoms with E-state index in [2.05, 4.69) is 16.3 Å².